The van der Waals surface area contributed by atoms with Gasteiger partial charge in [0.1, 0.15) is 5.82 Å². The molecule has 0 saturated heterocycles. The van der Waals surface area contributed by atoms with E-state index < -0.39 is 17.7 Å². The van der Waals surface area contributed by atoms with Gasteiger partial charge in [-0.2, -0.15) is 0 Å². The van der Waals surface area contributed by atoms with Crippen molar-refractivity contribution in [2.45, 2.75) is 6.92 Å². The van der Waals surface area contributed by atoms with Crippen LogP contribution in [0.5, 0.6) is 0 Å². The largest absolute Gasteiger partial charge is 0.478 e. The number of carbonyl (C=O) groups is 2. The Morgan fingerprint density at radius 3 is 2.50 bits per heavy atom. The summed E-state index contributed by atoms with van der Waals surface area (Å²) in [4.78, 5) is 23.1. The van der Waals surface area contributed by atoms with Crippen molar-refractivity contribution in [1.82, 2.24) is 0 Å². The van der Waals surface area contributed by atoms with Gasteiger partial charge in [-0.1, -0.05) is 18.2 Å². The van der Waals surface area contributed by atoms with Gasteiger partial charge in [0, 0.05) is 5.56 Å². The van der Waals surface area contributed by atoms with Crippen molar-refractivity contribution in [3.63, 3.8) is 0 Å². The Balaban J connectivity index is 2.33. The number of hydrogen-bond acceptors (Lipinski definition) is 2. The number of carboxylic acid groups (broad SMARTS) is 1. The van der Waals surface area contributed by atoms with Crippen molar-refractivity contribution in [2.75, 3.05) is 5.32 Å². The third-order valence-corrected chi connectivity index (χ3v) is 2.85. The maximum atomic E-state index is 13.2. The van der Waals surface area contributed by atoms with E-state index in [9.17, 15) is 14.0 Å². The number of hydrogen-bond donors (Lipinski definition) is 2. The van der Waals surface area contributed by atoms with Crippen LogP contribution in [0.15, 0.2) is 42.5 Å². The van der Waals surface area contributed by atoms with Crippen LogP contribution in [0.4, 0.5) is 10.1 Å². The molecule has 0 spiro atoms. The molecule has 0 heterocycles. The maximum absolute atomic E-state index is 13.2. The first-order chi connectivity index (χ1) is 9.49. The number of rotatable bonds is 3. The average Bonchev–Trinajstić information content (AvgIpc) is 2.41. The summed E-state index contributed by atoms with van der Waals surface area (Å²) in [7, 11) is 0. The van der Waals surface area contributed by atoms with Crippen molar-refractivity contribution >= 4 is 17.6 Å². The van der Waals surface area contributed by atoms with Gasteiger partial charge in [-0.25, -0.2) is 9.18 Å². The number of benzene rings is 2. The summed E-state index contributed by atoms with van der Waals surface area (Å²) in [5, 5.41) is 11.5. The number of carboxylic acids is 1. The molecule has 2 N–H and O–H groups in total. The highest BCUT2D eigenvalue weighted by molar-refractivity contribution is 6.08. The molecule has 1 amide bonds. The third-order valence-electron chi connectivity index (χ3n) is 2.85. The van der Waals surface area contributed by atoms with E-state index in [4.69, 9.17) is 5.11 Å². The Hall–Kier alpha value is -2.69. The molecule has 20 heavy (non-hydrogen) atoms. The highest BCUT2D eigenvalue weighted by Crippen LogP contribution is 2.18. The van der Waals surface area contributed by atoms with E-state index in [2.05, 4.69) is 5.32 Å². The lowest BCUT2D eigenvalue weighted by molar-refractivity contribution is 0.0698. The summed E-state index contributed by atoms with van der Waals surface area (Å²) in [6, 6.07) is 9.91. The average molecular weight is 273 g/mol. The Morgan fingerprint density at radius 2 is 1.80 bits per heavy atom. The predicted molar refractivity (Wildman–Crippen MR) is 72.5 cm³/mol. The molecule has 102 valence electrons. The fourth-order valence-corrected chi connectivity index (χ4v) is 1.81. The number of carbonyl (C=O) groups excluding carboxylic acids is 1. The van der Waals surface area contributed by atoms with Crippen LogP contribution in [-0.2, 0) is 0 Å². The van der Waals surface area contributed by atoms with E-state index in [0.717, 1.165) is 6.07 Å². The molecular formula is C15H12FNO3. The van der Waals surface area contributed by atoms with Gasteiger partial charge >= 0.3 is 5.97 Å². The molecule has 2 rings (SSSR count). The molecule has 4 nitrogen and oxygen atoms in total. The minimum Gasteiger partial charge on any atom is -0.478 e. The lowest BCUT2D eigenvalue weighted by atomic mass is 10.1. The molecule has 0 atom stereocenters. The van der Waals surface area contributed by atoms with Crippen molar-refractivity contribution in [1.29, 1.82) is 0 Å². The molecule has 5 heteroatoms. The second-order valence-electron chi connectivity index (χ2n) is 4.26. The van der Waals surface area contributed by atoms with Crippen molar-refractivity contribution in [3.05, 3.63) is 65.0 Å². The second kappa shape index (κ2) is 5.52. The Morgan fingerprint density at radius 1 is 1.10 bits per heavy atom. The molecule has 2 aromatic rings. The number of anilines is 1. The smallest absolute Gasteiger partial charge is 0.337 e. The molecule has 0 aliphatic heterocycles. The van der Waals surface area contributed by atoms with E-state index in [0.29, 0.717) is 5.56 Å². The summed E-state index contributed by atoms with van der Waals surface area (Å²) in [6.45, 7) is 1.68. The van der Waals surface area contributed by atoms with Crippen LogP contribution in [0, 0.1) is 12.7 Å². The lowest BCUT2D eigenvalue weighted by Crippen LogP contribution is -2.16. The minimum absolute atomic E-state index is 0.0186. The first-order valence-corrected chi connectivity index (χ1v) is 5.89. The SMILES string of the molecule is Cc1ccc(F)cc1C(=O)Nc1ccccc1C(=O)O. The van der Waals surface area contributed by atoms with Crippen molar-refractivity contribution in [2.24, 2.45) is 0 Å². The minimum atomic E-state index is -1.14. The van der Waals surface area contributed by atoms with Gasteiger partial charge in [-0.3, -0.25) is 4.79 Å². The van der Waals surface area contributed by atoms with Crippen LogP contribution in [0.3, 0.4) is 0 Å². The summed E-state index contributed by atoms with van der Waals surface area (Å²) in [5.41, 5.74) is 0.936. The van der Waals surface area contributed by atoms with E-state index in [-0.39, 0.29) is 16.8 Å². The highest BCUT2D eigenvalue weighted by atomic mass is 19.1. The predicted octanol–water partition coefficient (Wildman–Crippen LogP) is 3.08. The van der Waals surface area contributed by atoms with Gasteiger partial charge in [-0.05, 0) is 36.8 Å². The maximum Gasteiger partial charge on any atom is 0.337 e. The first kappa shape index (κ1) is 13.7. The molecule has 0 fully saturated rings. The van der Waals surface area contributed by atoms with E-state index in [1.54, 1.807) is 19.1 Å². The van der Waals surface area contributed by atoms with Gasteiger partial charge in [0.2, 0.25) is 0 Å². The summed E-state index contributed by atoms with van der Waals surface area (Å²) < 4.78 is 13.2. The summed E-state index contributed by atoms with van der Waals surface area (Å²) in [5.74, 6) is -2.21. The number of para-hydroxylation sites is 1. The van der Waals surface area contributed by atoms with Gasteiger partial charge in [0.05, 0.1) is 11.3 Å². The van der Waals surface area contributed by atoms with Crippen LogP contribution in [0.2, 0.25) is 0 Å². The molecule has 0 aliphatic carbocycles. The molecule has 0 radical (unpaired) electrons. The fourth-order valence-electron chi connectivity index (χ4n) is 1.81. The van der Waals surface area contributed by atoms with Crippen molar-refractivity contribution in [3.8, 4) is 0 Å². The zero-order valence-corrected chi connectivity index (χ0v) is 10.7. The van der Waals surface area contributed by atoms with E-state index in [1.165, 1.54) is 24.3 Å². The van der Waals surface area contributed by atoms with Gasteiger partial charge < -0.3 is 10.4 Å². The highest BCUT2D eigenvalue weighted by Gasteiger charge is 2.14. The zero-order chi connectivity index (χ0) is 14.7. The number of halogens is 1. The van der Waals surface area contributed by atoms with E-state index in [1.807, 2.05) is 0 Å². The number of amides is 1. The monoisotopic (exact) mass is 273 g/mol. The standard InChI is InChI=1S/C15H12FNO3/c1-9-6-7-10(16)8-12(9)14(18)17-13-5-3-2-4-11(13)15(19)20/h2-8H,1H3,(H,17,18)(H,19,20). The molecule has 0 unspecified atom stereocenters. The first-order valence-electron chi connectivity index (χ1n) is 5.89. The van der Waals surface area contributed by atoms with Crippen molar-refractivity contribution < 1.29 is 19.1 Å². The molecule has 0 aliphatic rings. The van der Waals surface area contributed by atoms with Gasteiger partial charge in [-0.15, -0.1) is 0 Å². The Bertz CT molecular complexity index is 683. The molecular weight excluding hydrogens is 261 g/mol. The van der Waals surface area contributed by atoms with Crippen LogP contribution in [0.25, 0.3) is 0 Å². The quantitative estimate of drug-likeness (QED) is 0.903. The van der Waals surface area contributed by atoms with Crippen LogP contribution < -0.4 is 5.32 Å². The number of nitrogens with one attached hydrogen (secondary N) is 1. The van der Waals surface area contributed by atoms with Gasteiger partial charge in [0.15, 0.2) is 0 Å². The zero-order valence-electron chi connectivity index (χ0n) is 10.7. The number of aromatic carboxylic acids is 1. The number of aryl methyl sites for hydroxylation is 1. The Labute approximate surface area is 114 Å². The topological polar surface area (TPSA) is 66.4 Å². The molecule has 0 saturated carbocycles. The summed E-state index contributed by atoms with van der Waals surface area (Å²) in [6.07, 6.45) is 0. The lowest BCUT2D eigenvalue weighted by Gasteiger charge is -2.10. The molecule has 2 aromatic carbocycles. The van der Waals surface area contributed by atoms with Crippen LogP contribution in [0.1, 0.15) is 26.3 Å². The van der Waals surface area contributed by atoms with Crippen LogP contribution in [-0.4, -0.2) is 17.0 Å². The normalized spacial score (nSPS) is 10.1. The van der Waals surface area contributed by atoms with Crippen LogP contribution >= 0.6 is 0 Å². The second-order valence-corrected chi connectivity index (χ2v) is 4.26. The molecule has 0 aromatic heterocycles. The molecule has 0 bridgehead atoms. The third kappa shape index (κ3) is 2.83. The Kier molecular flexibility index (Phi) is 3.79. The summed E-state index contributed by atoms with van der Waals surface area (Å²) >= 11 is 0. The fraction of sp³-hybridized carbons (Fsp3) is 0.0667. The van der Waals surface area contributed by atoms with E-state index >= 15 is 0 Å². The van der Waals surface area contributed by atoms with Gasteiger partial charge in [0.25, 0.3) is 5.91 Å².